The third-order valence-corrected chi connectivity index (χ3v) is 4.83. The fourth-order valence-electron chi connectivity index (χ4n) is 1.91. The van der Waals surface area contributed by atoms with Gasteiger partial charge in [-0.15, -0.1) is 0 Å². The molecule has 0 bridgehead atoms. The number of benzene rings is 1. The van der Waals surface area contributed by atoms with Gasteiger partial charge < -0.3 is 0 Å². The summed E-state index contributed by atoms with van der Waals surface area (Å²) in [7, 11) is 4.25. The molecule has 0 aliphatic rings. The molecule has 1 aromatic heterocycles. The standard InChI is InChI=1S/C13H18IN2/c1-14-11-5-4-6-12-13(11)10(9-15-12)7-8-16(2)3/h4-6,9,15H,7-8H2,1-3H3/q-1. The number of fused-ring (bicyclic) bond motifs is 1. The normalized spacial score (nSPS) is 11.8. The van der Waals surface area contributed by atoms with Crippen molar-refractivity contribution in [3.63, 3.8) is 0 Å². The van der Waals surface area contributed by atoms with Crippen LogP contribution in [0, 0.1) is 3.57 Å². The molecule has 0 saturated heterocycles. The molecule has 2 aromatic rings. The number of H-pyrrole nitrogens is 1. The number of rotatable bonds is 4. The number of aromatic nitrogens is 1. The van der Waals surface area contributed by atoms with Crippen LogP contribution in [0.5, 0.6) is 0 Å². The molecular weight excluding hydrogens is 311 g/mol. The molecule has 2 nitrogen and oxygen atoms in total. The summed E-state index contributed by atoms with van der Waals surface area (Å²) in [5.41, 5.74) is 2.77. The Bertz CT molecular complexity index is 474. The zero-order valence-electron chi connectivity index (χ0n) is 10.0. The van der Waals surface area contributed by atoms with Crippen LogP contribution in [-0.4, -0.2) is 35.5 Å². The average molecular weight is 329 g/mol. The average Bonchev–Trinajstić information content (AvgIpc) is 2.69. The van der Waals surface area contributed by atoms with Crippen molar-refractivity contribution in [2.24, 2.45) is 0 Å². The van der Waals surface area contributed by atoms with Gasteiger partial charge in [-0.2, -0.15) is 0 Å². The Morgan fingerprint density at radius 3 is 2.81 bits per heavy atom. The molecule has 0 saturated carbocycles. The van der Waals surface area contributed by atoms with Crippen molar-refractivity contribution in [2.45, 2.75) is 6.42 Å². The topological polar surface area (TPSA) is 19.0 Å². The maximum absolute atomic E-state index is 3.39. The van der Waals surface area contributed by atoms with Gasteiger partial charge in [0, 0.05) is 0 Å². The first-order chi connectivity index (χ1) is 7.72. The van der Waals surface area contributed by atoms with Crippen molar-refractivity contribution in [1.82, 2.24) is 9.88 Å². The summed E-state index contributed by atoms with van der Waals surface area (Å²) in [5.74, 6) is 0. The molecule has 0 spiro atoms. The van der Waals surface area contributed by atoms with Crippen LogP contribution in [-0.2, 0) is 6.42 Å². The fraction of sp³-hybridized carbons (Fsp3) is 0.385. The number of aromatic amines is 1. The first kappa shape index (κ1) is 11.9. The summed E-state index contributed by atoms with van der Waals surface area (Å²) in [6, 6.07) is 6.62. The molecule has 3 heteroatoms. The van der Waals surface area contributed by atoms with Gasteiger partial charge in [-0.1, -0.05) is 0 Å². The van der Waals surface area contributed by atoms with E-state index in [4.69, 9.17) is 0 Å². The number of hydrogen-bond donors (Lipinski definition) is 1. The van der Waals surface area contributed by atoms with Crippen LogP contribution >= 0.6 is 0 Å². The molecule has 0 radical (unpaired) electrons. The number of hydrogen-bond acceptors (Lipinski definition) is 1. The van der Waals surface area contributed by atoms with Crippen LogP contribution in [0.25, 0.3) is 10.9 Å². The third kappa shape index (κ3) is 2.40. The second kappa shape index (κ2) is 5.19. The first-order valence-electron chi connectivity index (χ1n) is 5.45. The van der Waals surface area contributed by atoms with Crippen molar-refractivity contribution in [2.75, 3.05) is 25.6 Å². The summed E-state index contributed by atoms with van der Waals surface area (Å²) >= 11 is 0.156. The Balaban J connectivity index is 2.38. The van der Waals surface area contributed by atoms with E-state index in [9.17, 15) is 0 Å². The van der Waals surface area contributed by atoms with Crippen molar-refractivity contribution < 1.29 is 21.2 Å². The summed E-state index contributed by atoms with van der Waals surface area (Å²) in [6.45, 7) is 1.11. The van der Waals surface area contributed by atoms with E-state index in [1.54, 1.807) is 3.57 Å². The Labute approximate surface area is 107 Å². The molecule has 1 aromatic carbocycles. The van der Waals surface area contributed by atoms with E-state index in [1.807, 2.05) is 0 Å². The van der Waals surface area contributed by atoms with Crippen LogP contribution in [0.15, 0.2) is 24.4 Å². The van der Waals surface area contributed by atoms with Gasteiger partial charge in [0.25, 0.3) is 0 Å². The number of likely N-dealkylation sites (N-methyl/N-ethyl adjacent to an activating group) is 1. The summed E-state index contributed by atoms with van der Waals surface area (Å²) in [5, 5.41) is 1.49. The van der Waals surface area contributed by atoms with E-state index in [-0.39, 0.29) is 21.2 Å². The quantitative estimate of drug-likeness (QED) is 0.573. The van der Waals surface area contributed by atoms with Crippen LogP contribution in [0.3, 0.4) is 0 Å². The third-order valence-electron chi connectivity index (χ3n) is 2.77. The van der Waals surface area contributed by atoms with E-state index in [0.717, 1.165) is 13.0 Å². The molecule has 0 atom stereocenters. The van der Waals surface area contributed by atoms with Crippen LogP contribution in [0.2, 0.25) is 0 Å². The van der Waals surface area contributed by atoms with Gasteiger partial charge in [0.2, 0.25) is 0 Å². The number of alkyl halides is 1. The van der Waals surface area contributed by atoms with Crippen molar-refractivity contribution in [1.29, 1.82) is 0 Å². The van der Waals surface area contributed by atoms with Gasteiger partial charge in [0.1, 0.15) is 0 Å². The Hall–Kier alpha value is -0.550. The summed E-state index contributed by atoms with van der Waals surface area (Å²) < 4.78 is 1.56. The minimum atomic E-state index is 0.156. The minimum absolute atomic E-state index is 0.156. The van der Waals surface area contributed by atoms with E-state index in [1.165, 1.54) is 16.5 Å². The van der Waals surface area contributed by atoms with Gasteiger partial charge in [-0.25, -0.2) is 0 Å². The predicted octanol–water partition coefficient (Wildman–Crippen LogP) is -0.840. The summed E-state index contributed by atoms with van der Waals surface area (Å²) in [6.07, 6.45) is 3.31. The predicted molar refractivity (Wildman–Crippen MR) is 65.2 cm³/mol. The van der Waals surface area contributed by atoms with Crippen molar-refractivity contribution >= 4 is 10.9 Å². The molecule has 88 valence electrons. The van der Waals surface area contributed by atoms with Gasteiger partial charge in [-0.3, -0.25) is 0 Å². The summed E-state index contributed by atoms with van der Waals surface area (Å²) in [4.78, 5) is 7.95. The number of halogens is 1. The number of nitrogens with one attached hydrogen (secondary N) is 1. The first-order valence-corrected chi connectivity index (χ1v) is 8.69. The Morgan fingerprint density at radius 2 is 2.12 bits per heavy atom. The SMILES string of the molecule is C[I-]c1cccc2[nH]cc(CCN(C)C)c12. The molecule has 0 aliphatic heterocycles. The molecule has 16 heavy (non-hydrogen) atoms. The van der Waals surface area contributed by atoms with Crippen molar-refractivity contribution in [3.05, 3.63) is 33.5 Å². The molecule has 0 unspecified atom stereocenters. The van der Waals surface area contributed by atoms with Crippen LogP contribution < -0.4 is 21.2 Å². The molecule has 0 aliphatic carbocycles. The number of nitrogens with zero attached hydrogens (tertiary/aromatic N) is 1. The van der Waals surface area contributed by atoms with E-state index >= 15 is 0 Å². The van der Waals surface area contributed by atoms with E-state index in [0.29, 0.717) is 0 Å². The van der Waals surface area contributed by atoms with Crippen LogP contribution in [0.4, 0.5) is 0 Å². The van der Waals surface area contributed by atoms with Gasteiger partial charge >= 0.3 is 108 Å². The Morgan fingerprint density at radius 1 is 1.31 bits per heavy atom. The van der Waals surface area contributed by atoms with E-state index < -0.39 is 0 Å². The monoisotopic (exact) mass is 329 g/mol. The zero-order chi connectivity index (χ0) is 11.5. The van der Waals surface area contributed by atoms with Crippen LogP contribution in [0.1, 0.15) is 5.56 Å². The molecule has 0 amide bonds. The molecule has 2 rings (SSSR count). The van der Waals surface area contributed by atoms with E-state index in [2.05, 4.69) is 53.3 Å². The van der Waals surface area contributed by atoms with Crippen molar-refractivity contribution in [3.8, 4) is 0 Å². The Kier molecular flexibility index (Phi) is 3.86. The molecular formula is C13H18IN2-. The maximum atomic E-state index is 3.39. The molecule has 1 heterocycles. The second-order valence-electron chi connectivity index (χ2n) is 4.22. The second-order valence-corrected chi connectivity index (χ2v) is 6.46. The molecule has 0 fully saturated rings. The van der Waals surface area contributed by atoms with Gasteiger partial charge in [-0.05, 0) is 0 Å². The van der Waals surface area contributed by atoms with Gasteiger partial charge in [0.15, 0.2) is 0 Å². The fourth-order valence-corrected chi connectivity index (χ4v) is 3.65. The zero-order valence-corrected chi connectivity index (χ0v) is 12.2. The van der Waals surface area contributed by atoms with Gasteiger partial charge in [0.05, 0.1) is 0 Å². The molecule has 1 N–H and O–H groups in total.